The van der Waals surface area contributed by atoms with Crippen molar-refractivity contribution in [1.29, 1.82) is 0 Å². The monoisotopic (exact) mass is 378 g/mol. The molecule has 7 nitrogen and oxygen atoms in total. The largest absolute Gasteiger partial charge is 0.342 e. The fourth-order valence-corrected chi connectivity index (χ4v) is 3.61. The molecule has 2 heterocycles. The Morgan fingerprint density at radius 2 is 2.00 bits per heavy atom. The Balaban J connectivity index is 1.58. The molecule has 140 valence electrons. The number of amides is 4. The molecule has 0 saturated carbocycles. The summed E-state index contributed by atoms with van der Waals surface area (Å²) in [7, 11) is 0. The molecule has 3 N–H and O–H groups in total. The van der Waals surface area contributed by atoms with Crippen LogP contribution in [0.15, 0.2) is 24.3 Å². The molecule has 0 bridgehead atoms. The maximum atomic E-state index is 12.6. The summed E-state index contributed by atoms with van der Waals surface area (Å²) in [5.41, 5.74) is 0.619. The Bertz CT molecular complexity index is 707. The van der Waals surface area contributed by atoms with Crippen LogP contribution in [0.1, 0.15) is 26.7 Å². The van der Waals surface area contributed by atoms with Crippen LogP contribution in [-0.2, 0) is 9.59 Å². The molecule has 1 aromatic rings. The number of fused-ring (bicyclic) bond motifs is 1. The van der Waals surface area contributed by atoms with Crippen molar-refractivity contribution in [3.63, 3.8) is 0 Å². The second-order valence-electron chi connectivity index (χ2n) is 7.24. The Kier molecular flexibility index (Phi) is 5.36. The van der Waals surface area contributed by atoms with Crippen molar-refractivity contribution in [2.75, 3.05) is 11.9 Å². The predicted molar refractivity (Wildman–Crippen MR) is 98.9 cm³/mol. The van der Waals surface area contributed by atoms with Crippen molar-refractivity contribution in [2.45, 2.75) is 44.8 Å². The van der Waals surface area contributed by atoms with Gasteiger partial charge in [0.15, 0.2) is 0 Å². The van der Waals surface area contributed by atoms with Crippen LogP contribution in [0.5, 0.6) is 0 Å². The summed E-state index contributed by atoms with van der Waals surface area (Å²) in [5.74, 6) is 0.103. The van der Waals surface area contributed by atoms with Gasteiger partial charge in [0.1, 0.15) is 12.1 Å². The van der Waals surface area contributed by atoms with Crippen molar-refractivity contribution >= 4 is 35.1 Å². The molecule has 26 heavy (non-hydrogen) atoms. The molecule has 0 spiro atoms. The highest BCUT2D eigenvalue weighted by atomic mass is 35.5. The molecule has 3 rings (SSSR count). The smallest absolute Gasteiger partial charge is 0.319 e. The van der Waals surface area contributed by atoms with Crippen LogP contribution in [0.2, 0.25) is 5.02 Å². The number of hydrogen-bond donors (Lipinski definition) is 3. The van der Waals surface area contributed by atoms with Crippen LogP contribution in [0.25, 0.3) is 0 Å². The molecule has 0 aromatic heterocycles. The lowest BCUT2D eigenvalue weighted by atomic mass is 9.99. The Hall–Kier alpha value is -2.28. The summed E-state index contributed by atoms with van der Waals surface area (Å²) in [6.45, 7) is 4.38. The number of benzene rings is 1. The zero-order chi connectivity index (χ0) is 18.8. The van der Waals surface area contributed by atoms with Gasteiger partial charge in [-0.1, -0.05) is 25.4 Å². The molecule has 2 saturated heterocycles. The van der Waals surface area contributed by atoms with E-state index < -0.39 is 12.1 Å². The molecule has 4 amide bonds. The van der Waals surface area contributed by atoms with Gasteiger partial charge in [0.2, 0.25) is 11.8 Å². The van der Waals surface area contributed by atoms with Crippen molar-refractivity contribution in [1.82, 2.24) is 15.5 Å². The molecule has 2 aliphatic heterocycles. The van der Waals surface area contributed by atoms with E-state index in [1.165, 1.54) is 0 Å². The average Bonchev–Trinajstić information content (AvgIpc) is 2.98. The van der Waals surface area contributed by atoms with E-state index in [0.717, 1.165) is 0 Å². The van der Waals surface area contributed by atoms with Crippen molar-refractivity contribution in [3.8, 4) is 0 Å². The summed E-state index contributed by atoms with van der Waals surface area (Å²) in [6.07, 6.45) is 1.03. The second-order valence-corrected chi connectivity index (χ2v) is 7.67. The lowest BCUT2D eigenvalue weighted by Crippen LogP contribution is -2.61. The first-order valence-corrected chi connectivity index (χ1v) is 9.15. The SMILES string of the molecule is CC(C)C[C@H]1NC(=O)[C@@H]2C[C@H](NC(=O)Nc3ccc(Cl)cc3)CN2C1=O. The summed E-state index contributed by atoms with van der Waals surface area (Å²) in [6, 6.07) is 5.16. The lowest BCUT2D eigenvalue weighted by molar-refractivity contribution is -0.147. The van der Waals surface area contributed by atoms with Gasteiger partial charge in [0.05, 0.1) is 6.04 Å². The molecule has 0 unspecified atom stereocenters. The Morgan fingerprint density at radius 3 is 2.65 bits per heavy atom. The van der Waals surface area contributed by atoms with Crippen LogP contribution in [0.4, 0.5) is 10.5 Å². The minimum atomic E-state index is -0.508. The standard InChI is InChI=1S/C18H23ClN4O3/c1-10(2)7-14-17(25)23-9-13(8-15(23)16(24)22-14)21-18(26)20-12-5-3-11(19)4-6-12/h3-6,10,13-15H,7-9H2,1-2H3,(H,22,24)(H2,20,21,26)/t13-,14+,15-/m0/s1. The minimum absolute atomic E-state index is 0.0642. The van der Waals surface area contributed by atoms with Gasteiger partial charge in [-0.15, -0.1) is 0 Å². The molecule has 2 aliphatic rings. The van der Waals surface area contributed by atoms with Crippen LogP contribution < -0.4 is 16.0 Å². The highest BCUT2D eigenvalue weighted by Gasteiger charge is 2.46. The van der Waals surface area contributed by atoms with E-state index in [1.54, 1.807) is 29.2 Å². The normalized spacial score (nSPS) is 25.1. The van der Waals surface area contributed by atoms with Gasteiger partial charge in [-0.25, -0.2) is 4.79 Å². The summed E-state index contributed by atoms with van der Waals surface area (Å²) in [4.78, 5) is 38.7. The number of halogens is 1. The number of carbonyl (C=O) groups is 3. The Labute approximate surface area is 157 Å². The fraction of sp³-hybridized carbons (Fsp3) is 0.500. The van der Waals surface area contributed by atoms with Crippen LogP contribution >= 0.6 is 11.6 Å². The first-order chi connectivity index (χ1) is 12.3. The number of nitrogens with one attached hydrogen (secondary N) is 3. The molecule has 0 aliphatic carbocycles. The highest BCUT2D eigenvalue weighted by molar-refractivity contribution is 6.30. The first-order valence-electron chi connectivity index (χ1n) is 8.77. The fourth-order valence-electron chi connectivity index (χ4n) is 3.48. The molecular weight excluding hydrogens is 356 g/mol. The van der Waals surface area contributed by atoms with E-state index in [-0.39, 0.29) is 23.9 Å². The number of urea groups is 1. The van der Waals surface area contributed by atoms with Crippen molar-refractivity contribution < 1.29 is 14.4 Å². The van der Waals surface area contributed by atoms with Crippen molar-refractivity contribution in [3.05, 3.63) is 29.3 Å². The number of nitrogens with zero attached hydrogens (tertiary/aromatic N) is 1. The van der Waals surface area contributed by atoms with Crippen molar-refractivity contribution in [2.24, 2.45) is 5.92 Å². The van der Waals surface area contributed by atoms with Crippen LogP contribution in [0.3, 0.4) is 0 Å². The molecule has 3 atom stereocenters. The minimum Gasteiger partial charge on any atom is -0.342 e. The maximum absolute atomic E-state index is 12.6. The highest BCUT2D eigenvalue weighted by Crippen LogP contribution is 2.25. The quantitative estimate of drug-likeness (QED) is 0.748. The van der Waals surface area contributed by atoms with Gasteiger partial charge in [0, 0.05) is 17.3 Å². The van der Waals surface area contributed by atoms with E-state index >= 15 is 0 Å². The lowest BCUT2D eigenvalue weighted by Gasteiger charge is -2.35. The third kappa shape index (κ3) is 4.09. The van der Waals surface area contributed by atoms with Gasteiger partial charge < -0.3 is 20.9 Å². The van der Waals surface area contributed by atoms with E-state index in [0.29, 0.717) is 36.0 Å². The topological polar surface area (TPSA) is 90.5 Å². The molecule has 1 aromatic carbocycles. The first kappa shape index (κ1) is 18.5. The average molecular weight is 379 g/mol. The van der Waals surface area contributed by atoms with Gasteiger partial charge >= 0.3 is 6.03 Å². The molecule has 8 heteroatoms. The van der Waals surface area contributed by atoms with Gasteiger partial charge in [0.25, 0.3) is 0 Å². The van der Waals surface area contributed by atoms with Gasteiger partial charge in [-0.05, 0) is 43.0 Å². The summed E-state index contributed by atoms with van der Waals surface area (Å²) in [5, 5.41) is 8.96. The predicted octanol–water partition coefficient (Wildman–Crippen LogP) is 1.98. The van der Waals surface area contributed by atoms with E-state index in [9.17, 15) is 14.4 Å². The number of piperazine rings is 1. The third-order valence-electron chi connectivity index (χ3n) is 4.65. The third-order valence-corrected chi connectivity index (χ3v) is 4.90. The van der Waals surface area contributed by atoms with E-state index in [2.05, 4.69) is 16.0 Å². The summed E-state index contributed by atoms with van der Waals surface area (Å²) >= 11 is 5.82. The molecule has 2 fully saturated rings. The number of carbonyl (C=O) groups excluding carboxylic acids is 3. The second kappa shape index (κ2) is 7.53. The van der Waals surface area contributed by atoms with Crippen LogP contribution in [-0.4, -0.2) is 47.4 Å². The maximum Gasteiger partial charge on any atom is 0.319 e. The summed E-state index contributed by atoms with van der Waals surface area (Å²) < 4.78 is 0. The zero-order valence-corrected chi connectivity index (χ0v) is 15.5. The van der Waals surface area contributed by atoms with Crippen LogP contribution in [0, 0.1) is 5.92 Å². The Morgan fingerprint density at radius 1 is 1.31 bits per heavy atom. The van der Waals surface area contributed by atoms with Gasteiger partial charge in [-0.3, -0.25) is 9.59 Å². The van der Waals surface area contributed by atoms with E-state index in [1.807, 2.05) is 13.8 Å². The van der Waals surface area contributed by atoms with Gasteiger partial charge in [-0.2, -0.15) is 0 Å². The van der Waals surface area contributed by atoms with E-state index in [4.69, 9.17) is 11.6 Å². The number of anilines is 1. The molecular formula is C18H23ClN4O3. The molecule has 0 radical (unpaired) electrons. The number of rotatable bonds is 4. The number of hydrogen-bond acceptors (Lipinski definition) is 3. The zero-order valence-electron chi connectivity index (χ0n) is 14.8.